The topological polar surface area (TPSA) is 116 Å². The number of hydrogen-bond acceptors (Lipinski definition) is 5. The molecule has 0 aliphatic carbocycles. The Balaban J connectivity index is 0.000000538. The van der Waals surface area contributed by atoms with E-state index in [1.54, 1.807) is 16.8 Å². The Labute approximate surface area is 206 Å². The Morgan fingerprint density at radius 1 is 1.08 bits per heavy atom. The summed E-state index contributed by atoms with van der Waals surface area (Å²) in [6.07, 6.45) is 1.96. The molecule has 1 amide bonds. The zero-order valence-electron chi connectivity index (χ0n) is 19.9. The summed E-state index contributed by atoms with van der Waals surface area (Å²) in [5, 5.41) is 19.3. The normalized spacial score (nSPS) is 18.6. The number of halogens is 3. The fourth-order valence-corrected chi connectivity index (χ4v) is 4.49. The molecule has 2 aliphatic rings. The highest BCUT2D eigenvalue weighted by molar-refractivity contribution is 6.27. The minimum atomic E-state index is -4.29. The van der Waals surface area contributed by atoms with Gasteiger partial charge in [-0.05, 0) is 55.8 Å². The molecular formula is C24H29F3N4O5. The van der Waals surface area contributed by atoms with E-state index in [2.05, 4.69) is 10.00 Å². The third kappa shape index (κ3) is 7.06. The Kier molecular flexibility index (Phi) is 8.72. The maximum atomic E-state index is 12.8. The maximum Gasteiger partial charge on any atom is 0.416 e. The van der Waals surface area contributed by atoms with Crippen LogP contribution in [0.2, 0.25) is 0 Å². The van der Waals surface area contributed by atoms with Crippen molar-refractivity contribution < 1.29 is 37.8 Å². The van der Waals surface area contributed by atoms with Crippen LogP contribution >= 0.6 is 0 Å². The summed E-state index contributed by atoms with van der Waals surface area (Å²) < 4.78 is 40.1. The number of alkyl halides is 3. The monoisotopic (exact) mass is 510 g/mol. The van der Waals surface area contributed by atoms with Gasteiger partial charge in [0.25, 0.3) is 0 Å². The van der Waals surface area contributed by atoms with Gasteiger partial charge in [0, 0.05) is 44.9 Å². The van der Waals surface area contributed by atoms with E-state index in [4.69, 9.17) is 19.8 Å². The molecule has 36 heavy (non-hydrogen) atoms. The highest BCUT2D eigenvalue weighted by Crippen LogP contribution is 2.33. The zero-order valence-corrected chi connectivity index (χ0v) is 19.9. The molecule has 1 atom stereocenters. The van der Waals surface area contributed by atoms with Gasteiger partial charge in [0.2, 0.25) is 5.91 Å². The van der Waals surface area contributed by atoms with Crippen molar-refractivity contribution >= 4 is 23.7 Å². The van der Waals surface area contributed by atoms with Crippen LogP contribution in [-0.4, -0.2) is 68.9 Å². The SMILES string of the molecule is Cn1cc(CCN2CCC(c3ccc(C(F)(F)F)cc3)C2)c(N2CCCCC2=O)n1.O=C(O)C(=O)O. The van der Waals surface area contributed by atoms with Crippen molar-refractivity contribution in [1.29, 1.82) is 0 Å². The van der Waals surface area contributed by atoms with Crippen LogP contribution in [0.5, 0.6) is 0 Å². The third-order valence-corrected chi connectivity index (χ3v) is 6.32. The lowest BCUT2D eigenvalue weighted by molar-refractivity contribution is -0.159. The summed E-state index contributed by atoms with van der Waals surface area (Å²) in [7, 11) is 1.87. The summed E-state index contributed by atoms with van der Waals surface area (Å²) in [5.41, 5.74) is 1.44. The standard InChI is InChI=1S/C22H27F3N4O.C2H2O4/c1-27-14-18(21(26-27)29-11-3-2-4-20(29)30)10-13-28-12-9-17(15-28)16-5-7-19(8-6-16)22(23,24)25;3-1(4)2(5)6/h5-8,14,17H,2-4,9-13,15H2,1H3;(H,3,4)(H,5,6). The van der Waals surface area contributed by atoms with Gasteiger partial charge in [-0.1, -0.05) is 12.1 Å². The van der Waals surface area contributed by atoms with Crippen molar-refractivity contribution in [2.75, 3.05) is 31.1 Å². The minimum absolute atomic E-state index is 0.143. The molecule has 12 heteroatoms. The van der Waals surface area contributed by atoms with E-state index in [1.165, 1.54) is 12.1 Å². The molecule has 9 nitrogen and oxygen atoms in total. The Morgan fingerprint density at radius 3 is 2.33 bits per heavy atom. The predicted molar refractivity (Wildman–Crippen MR) is 124 cm³/mol. The lowest BCUT2D eigenvalue weighted by Crippen LogP contribution is -2.36. The lowest BCUT2D eigenvalue weighted by atomic mass is 9.97. The summed E-state index contributed by atoms with van der Waals surface area (Å²) >= 11 is 0. The molecule has 2 aromatic rings. The van der Waals surface area contributed by atoms with Crippen LogP contribution in [0.1, 0.15) is 48.3 Å². The predicted octanol–water partition coefficient (Wildman–Crippen LogP) is 3.14. The van der Waals surface area contributed by atoms with Crippen LogP contribution in [0, 0.1) is 0 Å². The van der Waals surface area contributed by atoms with Gasteiger partial charge >= 0.3 is 18.1 Å². The Hall–Kier alpha value is -3.41. The van der Waals surface area contributed by atoms with E-state index >= 15 is 0 Å². The molecule has 0 saturated carbocycles. The molecule has 0 bridgehead atoms. The van der Waals surface area contributed by atoms with Crippen LogP contribution < -0.4 is 4.90 Å². The van der Waals surface area contributed by atoms with Gasteiger partial charge in [0.1, 0.15) is 0 Å². The van der Waals surface area contributed by atoms with E-state index in [1.807, 2.05) is 18.1 Å². The maximum absolute atomic E-state index is 12.8. The number of nitrogens with zero attached hydrogens (tertiary/aromatic N) is 4. The molecule has 1 aromatic heterocycles. The molecule has 3 heterocycles. The van der Waals surface area contributed by atoms with E-state index in [0.29, 0.717) is 6.42 Å². The summed E-state index contributed by atoms with van der Waals surface area (Å²) in [6.45, 7) is 3.33. The van der Waals surface area contributed by atoms with Gasteiger partial charge in [0.15, 0.2) is 5.82 Å². The number of carbonyl (C=O) groups excluding carboxylic acids is 1. The number of hydrogen-bond donors (Lipinski definition) is 2. The van der Waals surface area contributed by atoms with Gasteiger partial charge in [-0.2, -0.15) is 18.3 Å². The van der Waals surface area contributed by atoms with Gasteiger partial charge in [-0.25, -0.2) is 9.59 Å². The first-order chi connectivity index (χ1) is 17.0. The number of likely N-dealkylation sites (tertiary alicyclic amines) is 1. The van der Waals surface area contributed by atoms with E-state index in [0.717, 1.165) is 68.8 Å². The Bertz CT molecular complexity index is 1070. The summed E-state index contributed by atoms with van der Waals surface area (Å²) in [4.78, 5) is 34.7. The number of carboxylic acids is 2. The van der Waals surface area contributed by atoms with E-state index in [9.17, 15) is 18.0 Å². The van der Waals surface area contributed by atoms with Crippen molar-refractivity contribution in [2.45, 2.75) is 44.2 Å². The van der Waals surface area contributed by atoms with Gasteiger partial charge in [-0.15, -0.1) is 0 Å². The fraction of sp³-hybridized carbons (Fsp3) is 0.500. The van der Waals surface area contributed by atoms with Crippen molar-refractivity contribution in [1.82, 2.24) is 14.7 Å². The molecule has 4 rings (SSSR count). The van der Waals surface area contributed by atoms with Crippen LogP contribution in [-0.2, 0) is 34.0 Å². The molecule has 0 radical (unpaired) electrons. The number of rotatable bonds is 5. The first kappa shape index (κ1) is 27.2. The molecule has 196 valence electrons. The molecule has 2 fully saturated rings. The van der Waals surface area contributed by atoms with Crippen LogP contribution in [0.3, 0.4) is 0 Å². The van der Waals surface area contributed by atoms with Crippen molar-refractivity contribution in [3.63, 3.8) is 0 Å². The number of carbonyl (C=O) groups is 3. The summed E-state index contributed by atoms with van der Waals surface area (Å²) in [6, 6.07) is 5.57. The number of carboxylic acid groups (broad SMARTS) is 2. The largest absolute Gasteiger partial charge is 0.473 e. The second-order valence-electron chi connectivity index (χ2n) is 8.92. The highest BCUT2D eigenvalue weighted by atomic mass is 19.4. The number of amides is 1. The molecule has 0 spiro atoms. The van der Waals surface area contributed by atoms with Crippen molar-refractivity contribution in [3.8, 4) is 0 Å². The number of aryl methyl sites for hydroxylation is 1. The number of anilines is 1. The molecule has 2 N–H and O–H groups in total. The average molecular weight is 511 g/mol. The van der Waals surface area contributed by atoms with Gasteiger partial charge < -0.3 is 15.1 Å². The fourth-order valence-electron chi connectivity index (χ4n) is 4.49. The zero-order chi connectivity index (χ0) is 26.5. The summed E-state index contributed by atoms with van der Waals surface area (Å²) in [5.74, 6) is -2.47. The second-order valence-corrected chi connectivity index (χ2v) is 8.92. The number of benzene rings is 1. The third-order valence-electron chi connectivity index (χ3n) is 6.32. The molecule has 2 aliphatic heterocycles. The molecule has 1 aromatic carbocycles. The van der Waals surface area contributed by atoms with Crippen LogP contribution in [0.25, 0.3) is 0 Å². The van der Waals surface area contributed by atoms with Crippen molar-refractivity contribution in [2.24, 2.45) is 7.05 Å². The molecule has 2 saturated heterocycles. The number of aromatic nitrogens is 2. The quantitative estimate of drug-likeness (QED) is 0.594. The van der Waals surface area contributed by atoms with Crippen molar-refractivity contribution in [3.05, 3.63) is 47.2 Å². The second kappa shape index (κ2) is 11.5. The first-order valence-corrected chi connectivity index (χ1v) is 11.6. The lowest BCUT2D eigenvalue weighted by Gasteiger charge is -2.26. The number of piperidine rings is 1. The minimum Gasteiger partial charge on any atom is -0.473 e. The smallest absolute Gasteiger partial charge is 0.416 e. The first-order valence-electron chi connectivity index (χ1n) is 11.6. The van der Waals surface area contributed by atoms with E-state index in [-0.39, 0.29) is 11.8 Å². The average Bonchev–Trinajstić information content (AvgIpc) is 3.44. The molecular weight excluding hydrogens is 481 g/mol. The van der Waals surface area contributed by atoms with E-state index < -0.39 is 23.7 Å². The highest BCUT2D eigenvalue weighted by Gasteiger charge is 2.31. The Morgan fingerprint density at radius 2 is 1.75 bits per heavy atom. The van der Waals surface area contributed by atoms with Crippen LogP contribution in [0.4, 0.5) is 19.0 Å². The van der Waals surface area contributed by atoms with Gasteiger partial charge in [-0.3, -0.25) is 14.4 Å². The number of aliphatic carboxylic acids is 2. The van der Waals surface area contributed by atoms with Crippen LogP contribution in [0.15, 0.2) is 30.5 Å². The molecule has 1 unspecified atom stereocenters. The van der Waals surface area contributed by atoms with Gasteiger partial charge in [0.05, 0.1) is 5.56 Å².